The summed E-state index contributed by atoms with van der Waals surface area (Å²) in [6.45, 7) is 1.92. The maximum absolute atomic E-state index is 11.9. The topological polar surface area (TPSA) is 79.3 Å². The number of hydrogen-bond donors (Lipinski definition) is 2. The molecule has 0 spiro atoms. The number of carbonyl (C=O) groups is 2. The number of anilines is 1. The van der Waals surface area contributed by atoms with Crippen molar-refractivity contribution in [2.24, 2.45) is 0 Å². The van der Waals surface area contributed by atoms with Crippen LogP contribution in [-0.4, -0.2) is 27.7 Å². The van der Waals surface area contributed by atoms with Gasteiger partial charge in [-0.05, 0) is 30.7 Å². The summed E-state index contributed by atoms with van der Waals surface area (Å²) in [7, 11) is 0. The third-order valence-corrected chi connectivity index (χ3v) is 3.68. The molecule has 1 heterocycles. The van der Waals surface area contributed by atoms with Gasteiger partial charge in [-0.1, -0.05) is 30.0 Å². The van der Waals surface area contributed by atoms with Crippen molar-refractivity contribution in [1.82, 2.24) is 4.98 Å². The van der Waals surface area contributed by atoms with Crippen LogP contribution in [0.4, 0.5) is 5.69 Å². The van der Waals surface area contributed by atoms with Crippen molar-refractivity contribution >= 4 is 29.3 Å². The standard InChI is InChI=1S/C15H14N2O3S/c1-10-4-2-3-5-12(10)17-13(18)9-21-14-8-11(15(19)20)6-7-16-14/h2-8H,9H2,1H3,(H,17,18)(H,19,20). The van der Waals surface area contributed by atoms with Crippen molar-refractivity contribution in [3.63, 3.8) is 0 Å². The largest absolute Gasteiger partial charge is 0.478 e. The number of nitrogens with zero attached hydrogens (tertiary/aromatic N) is 1. The van der Waals surface area contributed by atoms with Crippen molar-refractivity contribution in [3.05, 3.63) is 53.7 Å². The van der Waals surface area contributed by atoms with Crippen LogP contribution in [0.5, 0.6) is 0 Å². The van der Waals surface area contributed by atoms with Gasteiger partial charge in [-0.2, -0.15) is 0 Å². The van der Waals surface area contributed by atoms with Crippen LogP contribution in [0.2, 0.25) is 0 Å². The summed E-state index contributed by atoms with van der Waals surface area (Å²) in [4.78, 5) is 26.8. The molecule has 0 bridgehead atoms. The number of carbonyl (C=O) groups excluding carboxylic acids is 1. The molecule has 1 amide bonds. The molecule has 0 atom stereocenters. The minimum absolute atomic E-state index is 0.156. The van der Waals surface area contributed by atoms with E-state index in [0.29, 0.717) is 5.03 Å². The fourth-order valence-electron chi connectivity index (χ4n) is 1.66. The molecular weight excluding hydrogens is 288 g/mol. The highest BCUT2D eigenvalue weighted by molar-refractivity contribution is 7.99. The van der Waals surface area contributed by atoms with E-state index < -0.39 is 5.97 Å². The Morgan fingerprint density at radius 3 is 2.76 bits per heavy atom. The van der Waals surface area contributed by atoms with Crippen LogP contribution in [0.3, 0.4) is 0 Å². The summed E-state index contributed by atoms with van der Waals surface area (Å²) in [5, 5.41) is 12.2. The Labute approximate surface area is 126 Å². The van der Waals surface area contributed by atoms with E-state index in [9.17, 15) is 9.59 Å². The minimum Gasteiger partial charge on any atom is -0.478 e. The number of amides is 1. The molecule has 0 saturated carbocycles. The number of aromatic carboxylic acids is 1. The Morgan fingerprint density at radius 2 is 2.05 bits per heavy atom. The summed E-state index contributed by atoms with van der Waals surface area (Å²) in [5.74, 6) is -0.995. The molecule has 108 valence electrons. The second kappa shape index (κ2) is 6.90. The quantitative estimate of drug-likeness (QED) is 0.830. The number of aromatic nitrogens is 1. The van der Waals surface area contributed by atoms with Gasteiger partial charge in [0.15, 0.2) is 0 Å². The van der Waals surface area contributed by atoms with Crippen LogP contribution < -0.4 is 5.32 Å². The summed E-state index contributed by atoms with van der Waals surface area (Å²) >= 11 is 1.20. The zero-order valence-corrected chi connectivity index (χ0v) is 12.2. The lowest BCUT2D eigenvalue weighted by molar-refractivity contribution is -0.113. The maximum atomic E-state index is 11.9. The first-order valence-electron chi connectivity index (χ1n) is 6.24. The average Bonchev–Trinajstić information content (AvgIpc) is 2.48. The molecule has 5 nitrogen and oxygen atoms in total. The van der Waals surface area contributed by atoms with E-state index >= 15 is 0 Å². The molecule has 0 unspecified atom stereocenters. The molecule has 21 heavy (non-hydrogen) atoms. The van der Waals surface area contributed by atoms with Crippen LogP contribution >= 0.6 is 11.8 Å². The lowest BCUT2D eigenvalue weighted by Gasteiger charge is -2.07. The molecule has 1 aromatic carbocycles. The molecule has 1 aromatic heterocycles. The van der Waals surface area contributed by atoms with Gasteiger partial charge in [0, 0.05) is 11.9 Å². The van der Waals surface area contributed by atoms with E-state index in [1.807, 2.05) is 31.2 Å². The van der Waals surface area contributed by atoms with E-state index in [-0.39, 0.29) is 17.2 Å². The zero-order chi connectivity index (χ0) is 15.2. The number of nitrogens with one attached hydrogen (secondary N) is 1. The van der Waals surface area contributed by atoms with Gasteiger partial charge in [0.25, 0.3) is 0 Å². The first-order valence-corrected chi connectivity index (χ1v) is 7.22. The molecule has 2 rings (SSSR count). The van der Waals surface area contributed by atoms with E-state index in [1.54, 1.807) is 0 Å². The minimum atomic E-state index is -1.01. The summed E-state index contributed by atoms with van der Waals surface area (Å²) < 4.78 is 0. The lowest BCUT2D eigenvalue weighted by atomic mass is 10.2. The van der Waals surface area contributed by atoms with Crippen molar-refractivity contribution in [3.8, 4) is 0 Å². The summed E-state index contributed by atoms with van der Waals surface area (Å²) in [6.07, 6.45) is 1.42. The maximum Gasteiger partial charge on any atom is 0.335 e. The third kappa shape index (κ3) is 4.32. The van der Waals surface area contributed by atoms with Crippen LogP contribution in [-0.2, 0) is 4.79 Å². The average molecular weight is 302 g/mol. The SMILES string of the molecule is Cc1ccccc1NC(=O)CSc1cc(C(=O)O)ccn1. The number of thioether (sulfide) groups is 1. The summed E-state index contributed by atoms with van der Waals surface area (Å²) in [5.41, 5.74) is 1.92. The van der Waals surface area contributed by atoms with E-state index in [0.717, 1.165) is 11.3 Å². The van der Waals surface area contributed by atoms with Crippen molar-refractivity contribution in [2.45, 2.75) is 11.9 Å². The molecule has 0 saturated heterocycles. The normalized spacial score (nSPS) is 10.1. The molecule has 2 aromatic rings. The number of rotatable bonds is 5. The molecule has 0 aliphatic carbocycles. The van der Waals surface area contributed by atoms with Crippen LogP contribution in [0.1, 0.15) is 15.9 Å². The number of carboxylic acids is 1. The van der Waals surface area contributed by atoms with Crippen LogP contribution in [0.15, 0.2) is 47.6 Å². The van der Waals surface area contributed by atoms with Gasteiger partial charge in [0.1, 0.15) is 0 Å². The monoisotopic (exact) mass is 302 g/mol. The second-order valence-electron chi connectivity index (χ2n) is 4.34. The summed E-state index contributed by atoms with van der Waals surface area (Å²) in [6, 6.07) is 10.4. The Hall–Kier alpha value is -2.34. The fourth-order valence-corrected chi connectivity index (χ4v) is 2.36. The van der Waals surface area contributed by atoms with Crippen LogP contribution in [0, 0.1) is 6.92 Å². The van der Waals surface area contributed by atoms with Gasteiger partial charge < -0.3 is 10.4 Å². The highest BCUT2D eigenvalue weighted by Crippen LogP contribution is 2.18. The predicted octanol–water partition coefficient (Wildman–Crippen LogP) is 2.82. The van der Waals surface area contributed by atoms with Gasteiger partial charge >= 0.3 is 5.97 Å². The fraction of sp³-hybridized carbons (Fsp3) is 0.133. The predicted molar refractivity (Wildman–Crippen MR) is 81.7 cm³/mol. The van der Waals surface area contributed by atoms with Gasteiger partial charge in [-0.3, -0.25) is 4.79 Å². The number of pyridine rings is 1. The van der Waals surface area contributed by atoms with Crippen molar-refractivity contribution < 1.29 is 14.7 Å². The first kappa shape index (κ1) is 15.1. The molecular formula is C15H14N2O3S. The molecule has 6 heteroatoms. The van der Waals surface area contributed by atoms with Gasteiger partial charge in [-0.15, -0.1) is 0 Å². The van der Waals surface area contributed by atoms with Crippen molar-refractivity contribution in [2.75, 3.05) is 11.1 Å². The van der Waals surface area contributed by atoms with Crippen LogP contribution in [0.25, 0.3) is 0 Å². The third-order valence-electron chi connectivity index (χ3n) is 2.75. The number of carboxylic acid groups (broad SMARTS) is 1. The van der Waals surface area contributed by atoms with Gasteiger partial charge in [0.2, 0.25) is 5.91 Å². The zero-order valence-electron chi connectivity index (χ0n) is 11.4. The molecule has 0 aliphatic rings. The number of hydrogen-bond acceptors (Lipinski definition) is 4. The van der Waals surface area contributed by atoms with Crippen molar-refractivity contribution in [1.29, 1.82) is 0 Å². The molecule has 0 radical (unpaired) electrons. The molecule has 0 aliphatic heterocycles. The number of aryl methyl sites for hydroxylation is 1. The van der Waals surface area contributed by atoms with E-state index in [2.05, 4.69) is 10.3 Å². The smallest absolute Gasteiger partial charge is 0.335 e. The highest BCUT2D eigenvalue weighted by Gasteiger charge is 2.08. The van der Waals surface area contributed by atoms with Gasteiger partial charge in [0.05, 0.1) is 16.3 Å². The lowest BCUT2D eigenvalue weighted by Crippen LogP contribution is -2.14. The molecule has 0 fully saturated rings. The molecule has 2 N–H and O–H groups in total. The Kier molecular flexibility index (Phi) is 4.94. The Morgan fingerprint density at radius 1 is 1.29 bits per heavy atom. The Balaban J connectivity index is 1.94. The van der Waals surface area contributed by atoms with E-state index in [4.69, 9.17) is 5.11 Å². The first-order chi connectivity index (χ1) is 10.1. The second-order valence-corrected chi connectivity index (χ2v) is 5.34. The Bertz CT molecular complexity index is 673. The number of benzene rings is 1. The van der Waals surface area contributed by atoms with Gasteiger partial charge in [-0.25, -0.2) is 9.78 Å². The highest BCUT2D eigenvalue weighted by atomic mass is 32.2. The number of para-hydroxylation sites is 1. The van der Waals surface area contributed by atoms with E-state index in [1.165, 1.54) is 30.1 Å².